The Balaban J connectivity index is 1.92. The van der Waals surface area contributed by atoms with Crippen LogP contribution in [0.2, 0.25) is 0 Å². The number of hydrogen-bond acceptors (Lipinski definition) is 4. The molecule has 4 aromatic rings. The maximum absolute atomic E-state index is 10.6. The highest BCUT2D eigenvalue weighted by atomic mass is 79.9. The van der Waals surface area contributed by atoms with Crippen molar-refractivity contribution in [2.75, 3.05) is 7.11 Å². The molecule has 2 N–H and O–H groups in total. The first-order valence-electron chi connectivity index (χ1n) is 7.96. The molecule has 4 rings (SSSR count). The summed E-state index contributed by atoms with van der Waals surface area (Å²) in [5.41, 5.74) is 4.10. The first-order chi connectivity index (χ1) is 12.5. The molecule has 6 nitrogen and oxygen atoms in total. The van der Waals surface area contributed by atoms with Crippen LogP contribution in [-0.4, -0.2) is 27.0 Å². The van der Waals surface area contributed by atoms with Crippen molar-refractivity contribution < 1.29 is 9.84 Å². The van der Waals surface area contributed by atoms with Crippen LogP contribution < -0.4 is 4.74 Å². The number of ether oxygens (including phenoxy) is 1. The molecular weight excluding hydrogens is 396 g/mol. The van der Waals surface area contributed by atoms with Crippen molar-refractivity contribution in [1.29, 1.82) is 5.26 Å². The van der Waals surface area contributed by atoms with E-state index >= 15 is 0 Å². The van der Waals surface area contributed by atoms with Gasteiger partial charge in [-0.3, -0.25) is 0 Å². The van der Waals surface area contributed by atoms with Crippen molar-refractivity contribution in [2.45, 2.75) is 13.5 Å². The lowest BCUT2D eigenvalue weighted by atomic mass is 10.0. The highest BCUT2D eigenvalue weighted by Crippen LogP contribution is 2.37. The van der Waals surface area contributed by atoms with Crippen LogP contribution in [0, 0.1) is 18.3 Å². The number of aromatic hydroxyl groups is 1. The Hall–Kier alpha value is -2.98. The van der Waals surface area contributed by atoms with Gasteiger partial charge in [0.2, 0.25) is 5.88 Å². The van der Waals surface area contributed by atoms with Crippen LogP contribution in [0.4, 0.5) is 0 Å². The van der Waals surface area contributed by atoms with Crippen LogP contribution in [0.3, 0.4) is 0 Å². The lowest BCUT2D eigenvalue weighted by molar-refractivity contribution is 0.396. The second kappa shape index (κ2) is 6.07. The molecule has 0 atom stereocenters. The minimum absolute atomic E-state index is 0.0273. The summed E-state index contributed by atoms with van der Waals surface area (Å²) < 4.78 is 8.03. The van der Waals surface area contributed by atoms with Gasteiger partial charge in [-0.25, -0.2) is 4.68 Å². The zero-order valence-corrected chi connectivity index (χ0v) is 15.8. The number of nitriles is 1. The summed E-state index contributed by atoms with van der Waals surface area (Å²) >= 11 is 3.59. The Labute approximate surface area is 157 Å². The third-order valence-electron chi connectivity index (χ3n) is 4.54. The van der Waals surface area contributed by atoms with Crippen LogP contribution in [0.15, 0.2) is 34.9 Å². The summed E-state index contributed by atoms with van der Waals surface area (Å²) in [6.45, 7) is 2.35. The zero-order chi connectivity index (χ0) is 18.4. The Bertz CT molecular complexity index is 1200. The van der Waals surface area contributed by atoms with Gasteiger partial charge < -0.3 is 14.8 Å². The summed E-state index contributed by atoms with van der Waals surface area (Å²) in [4.78, 5) is 3.26. The molecule has 0 unspecified atom stereocenters. The summed E-state index contributed by atoms with van der Waals surface area (Å²) in [5.74, 6) is 0.756. The molecule has 0 aliphatic rings. The first-order valence-corrected chi connectivity index (χ1v) is 8.75. The van der Waals surface area contributed by atoms with E-state index in [1.807, 2.05) is 19.2 Å². The number of halogens is 1. The fraction of sp³-hybridized carbons (Fsp3) is 0.158. The summed E-state index contributed by atoms with van der Waals surface area (Å²) in [5, 5.41) is 25.7. The van der Waals surface area contributed by atoms with Gasteiger partial charge in [-0.15, -0.1) is 0 Å². The van der Waals surface area contributed by atoms with Gasteiger partial charge in [0.1, 0.15) is 5.75 Å². The molecule has 2 heterocycles. The summed E-state index contributed by atoms with van der Waals surface area (Å²) in [6.07, 6.45) is 1.89. The largest absolute Gasteiger partial charge is 0.496 e. The number of nitrogens with one attached hydrogen (secondary N) is 1. The van der Waals surface area contributed by atoms with E-state index in [1.54, 1.807) is 25.3 Å². The van der Waals surface area contributed by atoms with Crippen LogP contribution in [0.5, 0.6) is 11.6 Å². The topological polar surface area (TPSA) is 86.9 Å². The Morgan fingerprint density at radius 2 is 2.19 bits per heavy atom. The third-order valence-corrected chi connectivity index (χ3v) is 5.17. The molecule has 0 amide bonds. The van der Waals surface area contributed by atoms with Crippen LogP contribution >= 0.6 is 15.9 Å². The van der Waals surface area contributed by atoms with Gasteiger partial charge in [-0.2, -0.15) is 10.4 Å². The SMILES string of the molecule is COc1cc(C)c2[nH]cc(Br)c2c1Cn1nc2ccc(C#N)cc2c1O. The van der Waals surface area contributed by atoms with Gasteiger partial charge in [0.15, 0.2) is 0 Å². The highest BCUT2D eigenvalue weighted by Gasteiger charge is 2.18. The number of aromatic nitrogens is 3. The van der Waals surface area contributed by atoms with Gasteiger partial charge in [0.25, 0.3) is 0 Å². The molecule has 0 bridgehead atoms. The second-order valence-corrected chi connectivity index (χ2v) is 6.94. The van der Waals surface area contributed by atoms with E-state index < -0.39 is 0 Å². The van der Waals surface area contributed by atoms with Crippen LogP contribution in [0.1, 0.15) is 16.7 Å². The number of methoxy groups -OCH3 is 1. The van der Waals surface area contributed by atoms with E-state index in [-0.39, 0.29) is 5.88 Å². The van der Waals surface area contributed by atoms with Crippen molar-refractivity contribution in [3.8, 4) is 17.7 Å². The molecule has 0 spiro atoms. The average Bonchev–Trinajstić information content (AvgIpc) is 3.18. The summed E-state index contributed by atoms with van der Waals surface area (Å²) in [6, 6.07) is 9.11. The number of benzene rings is 2. The Morgan fingerprint density at radius 3 is 2.92 bits per heavy atom. The summed E-state index contributed by atoms with van der Waals surface area (Å²) in [7, 11) is 1.63. The number of H-pyrrole nitrogens is 1. The molecule has 0 fully saturated rings. The molecule has 7 heteroatoms. The van der Waals surface area contributed by atoms with E-state index in [0.29, 0.717) is 23.0 Å². The average molecular weight is 411 g/mol. The molecule has 0 saturated heterocycles. The molecule has 0 radical (unpaired) electrons. The number of fused-ring (bicyclic) bond motifs is 2. The Kier molecular flexibility index (Phi) is 3.85. The van der Waals surface area contributed by atoms with Gasteiger partial charge in [0, 0.05) is 21.6 Å². The normalized spacial score (nSPS) is 11.2. The highest BCUT2D eigenvalue weighted by molar-refractivity contribution is 9.10. The quantitative estimate of drug-likeness (QED) is 0.529. The molecule has 0 saturated carbocycles. The van der Waals surface area contributed by atoms with E-state index in [4.69, 9.17) is 10.00 Å². The lowest BCUT2D eigenvalue weighted by Crippen LogP contribution is -2.04. The van der Waals surface area contributed by atoms with E-state index in [9.17, 15) is 5.11 Å². The fourth-order valence-corrected chi connectivity index (χ4v) is 3.82. The maximum Gasteiger partial charge on any atom is 0.217 e. The molecule has 0 aliphatic heterocycles. The van der Waals surface area contributed by atoms with Crippen molar-refractivity contribution in [3.05, 3.63) is 51.6 Å². The smallest absolute Gasteiger partial charge is 0.217 e. The molecule has 2 aromatic heterocycles. The van der Waals surface area contributed by atoms with Gasteiger partial charge in [-0.05, 0) is 52.7 Å². The first kappa shape index (κ1) is 16.5. The standard InChI is InChI=1S/C19H15BrN4O2/c1-10-5-16(26-2)13(17-14(20)8-22-18(10)17)9-24-19(25)12-6-11(7-21)3-4-15(12)23-24/h3-6,8,22,25H,9H2,1-2H3. The predicted molar refractivity (Wildman–Crippen MR) is 103 cm³/mol. The van der Waals surface area contributed by atoms with Crippen molar-refractivity contribution in [3.63, 3.8) is 0 Å². The minimum atomic E-state index is 0.0273. The molecule has 2 aromatic carbocycles. The van der Waals surface area contributed by atoms with Gasteiger partial charge >= 0.3 is 0 Å². The number of hydrogen-bond donors (Lipinski definition) is 2. The zero-order valence-electron chi connectivity index (χ0n) is 14.2. The number of nitrogens with zero attached hydrogens (tertiary/aromatic N) is 3. The number of aromatic amines is 1. The predicted octanol–water partition coefficient (Wildman–Crippen LogP) is 4.22. The number of aryl methyl sites for hydroxylation is 1. The molecular formula is C19H15BrN4O2. The minimum Gasteiger partial charge on any atom is -0.496 e. The monoisotopic (exact) mass is 410 g/mol. The van der Waals surface area contributed by atoms with Crippen molar-refractivity contribution in [2.24, 2.45) is 0 Å². The lowest BCUT2D eigenvalue weighted by Gasteiger charge is -2.13. The van der Waals surface area contributed by atoms with Crippen LogP contribution in [0.25, 0.3) is 21.8 Å². The third kappa shape index (κ3) is 2.42. The fourth-order valence-electron chi connectivity index (χ4n) is 3.27. The van der Waals surface area contributed by atoms with Gasteiger partial charge in [0.05, 0.1) is 41.7 Å². The van der Waals surface area contributed by atoms with E-state index in [2.05, 4.69) is 32.1 Å². The molecule has 130 valence electrons. The van der Waals surface area contributed by atoms with Crippen molar-refractivity contribution in [1.82, 2.24) is 14.8 Å². The maximum atomic E-state index is 10.6. The Morgan fingerprint density at radius 1 is 1.38 bits per heavy atom. The van der Waals surface area contributed by atoms with Crippen LogP contribution in [-0.2, 0) is 6.54 Å². The molecule has 26 heavy (non-hydrogen) atoms. The van der Waals surface area contributed by atoms with Crippen molar-refractivity contribution >= 4 is 37.7 Å². The number of rotatable bonds is 3. The van der Waals surface area contributed by atoms with Gasteiger partial charge in [-0.1, -0.05) is 0 Å². The van der Waals surface area contributed by atoms with E-state index in [1.165, 1.54) is 4.68 Å². The van der Waals surface area contributed by atoms with E-state index in [0.717, 1.165) is 32.3 Å². The molecule has 0 aliphatic carbocycles. The second-order valence-electron chi connectivity index (χ2n) is 6.09.